The highest BCUT2D eigenvalue weighted by Gasteiger charge is 2.11. The Morgan fingerprint density at radius 2 is 1.90 bits per heavy atom. The second-order valence-corrected chi connectivity index (χ2v) is 6.78. The van der Waals surface area contributed by atoms with Crippen LogP contribution in [0, 0.1) is 0 Å². The van der Waals surface area contributed by atoms with Gasteiger partial charge in [-0.05, 0) is 76.4 Å². The van der Waals surface area contributed by atoms with Crippen LogP contribution in [0.3, 0.4) is 0 Å². The van der Waals surface area contributed by atoms with Gasteiger partial charge in [-0.3, -0.25) is 4.79 Å². The lowest BCUT2D eigenvalue weighted by atomic mass is 10.2. The number of ether oxygens (including phenoxy) is 1. The van der Waals surface area contributed by atoms with Crippen LogP contribution in [0.1, 0.15) is 32.8 Å². The van der Waals surface area contributed by atoms with E-state index in [4.69, 9.17) is 4.74 Å². The van der Waals surface area contributed by atoms with Crippen LogP contribution >= 0.6 is 31.9 Å². The molecule has 0 aromatic heterocycles. The van der Waals surface area contributed by atoms with Crippen molar-refractivity contribution in [3.05, 3.63) is 26.6 Å². The molecule has 0 aliphatic rings. The zero-order valence-corrected chi connectivity index (χ0v) is 15.8. The fourth-order valence-electron chi connectivity index (χ4n) is 1.76. The number of nitrogens with one attached hydrogen (secondary N) is 2. The van der Waals surface area contributed by atoms with Crippen molar-refractivity contribution < 1.29 is 9.53 Å². The average Bonchev–Trinajstić information content (AvgIpc) is 2.37. The van der Waals surface area contributed by atoms with Crippen molar-refractivity contribution in [2.45, 2.75) is 39.8 Å². The molecule has 1 aromatic carbocycles. The quantitative estimate of drug-likeness (QED) is 0.630. The summed E-state index contributed by atoms with van der Waals surface area (Å²) in [5.41, 5.74) is 1.15. The van der Waals surface area contributed by atoms with Gasteiger partial charge in [0.25, 0.3) is 5.91 Å². The maximum atomic E-state index is 11.6. The number of benzene rings is 1. The number of rotatable bonds is 8. The summed E-state index contributed by atoms with van der Waals surface area (Å²) in [7, 11) is 0. The van der Waals surface area contributed by atoms with E-state index in [1.165, 1.54) is 0 Å². The van der Waals surface area contributed by atoms with Gasteiger partial charge in [-0.2, -0.15) is 0 Å². The first kappa shape index (κ1) is 18.5. The number of halogens is 2. The van der Waals surface area contributed by atoms with Crippen molar-refractivity contribution in [3.63, 3.8) is 0 Å². The average molecular weight is 422 g/mol. The highest BCUT2D eigenvalue weighted by Crippen LogP contribution is 2.34. The summed E-state index contributed by atoms with van der Waals surface area (Å²) in [5.74, 6) is 0.519. The topological polar surface area (TPSA) is 50.4 Å². The molecule has 0 heterocycles. The molecule has 0 fully saturated rings. The number of hydrogen-bond donors (Lipinski definition) is 2. The summed E-state index contributed by atoms with van der Waals surface area (Å²) >= 11 is 6.99. The Balaban J connectivity index is 2.65. The minimum absolute atomic E-state index is 0.00279. The summed E-state index contributed by atoms with van der Waals surface area (Å²) in [6.45, 7) is 7.77. The second-order valence-electron chi connectivity index (χ2n) is 5.08. The monoisotopic (exact) mass is 420 g/mol. The Labute approximate surface area is 143 Å². The highest BCUT2D eigenvalue weighted by molar-refractivity contribution is 9.11. The molecule has 0 spiro atoms. The fraction of sp³-hybridized carbons (Fsp3) is 0.533. The Morgan fingerprint density at radius 3 is 2.43 bits per heavy atom. The van der Waals surface area contributed by atoms with E-state index in [0.717, 1.165) is 34.0 Å². The van der Waals surface area contributed by atoms with E-state index in [2.05, 4.69) is 49.4 Å². The van der Waals surface area contributed by atoms with Gasteiger partial charge >= 0.3 is 0 Å². The molecule has 2 N–H and O–H groups in total. The molecule has 1 amide bonds. The Bertz CT molecular complexity index is 456. The predicted molar refractivity (Wildman–Crippen MR) is 92.6 cm³/mol. The van der Waals surface area contributed by atoms with Crippen LogP contribution in [0.2, 0.25) is 0 Å². The molecule has 1 rings (SSSR count). The first-order valence-corrected chi connectivity index (χ1v) is 8.63. The van der Waals surface area contributed by atoms with E-state index in [0.29, 0.717) is 5.75 Å². The van der Waals surface area contributed by atoms with E-state index in [-0.39, 0.29) is 18.6 Å². The van der Waals surface area contributed by atoms with E-state index in [9.17, 15) is 4.79 Å². The van der Waals surface area contributed by atoms with Crippen LogP contribution in [-0.2, 0) is 11.3 Å². The number of amides is 1. The SMILES string of the molecule is CCCNCc1cc(Br)c(OCC(=O)NC(C)C)c(Br)c1. The van der Waals surface area contributed by atoms with Crippen LogP contribution in [0.4, 0.5) is 0 Å². The van der Waals surface area contributed by atoms with Gasteiger partial charge in [0, 0.05) is 12.6 Å². The Kier molecular flexibility index (Phi) is 8.29. The van der Waals surface area contributed by atoms with E-state index in [1.807, 2.05) is 26.0 Å². The summed E-state index contributed by atoms with van der Waals surface area (Å²) in [6, 6.07) is 4.12. The van der Waals surface area contributed by atoms with Gasteiger partial charge < -0.3 is 15.4 Å². The van der Waals surface area contributed by atoms with Crippen molar-refractivity contribution in [1.29, 1.82) is 0 Å². The smallest absolute Gasteiger partial charge is 0.258 e. The lowest BCUT2D eigenvalue weighted by molar-refractivity contribution is -0.123. The molecule has 0 saturated carbocycles. The third-order valence-corrected chi connectivity index (χ3v) is 3.79. The van der Waals surface area contributed by atoms with Gasteiger partial charge in [0.2, 0.25) is 0 Å². The van der Waals surface area contributed by atoms with Crippen molar-refractivity contribution in [2.75, 3.05) is 13.2 Å². The van der Waals surface area contributed by atoms with E-state index >= 15 is 0 Å². The largest absolute Gasteiger partial charge is 0.481 e. The minimum Gasteiger partial charge on any atom is -0.481 e. The maximum Gasteiger partial charge on any atom is 0.258 e. The third kappa shape index (κ3) is 6.80. The molecule has 21 heavy (non-hydrogen) atoms. The van der Waals surface area contributed by atoms with Crippen molar-refractivity contribution in [2.24, 2.45) is 0 Å². The normalized spacial score (nSPS) is 10.8. The number of carbonyl (C=O) groups excluding carboxylic acids is 1. The van der Waals surface area contributed by atoms with Crippen LogP contribution in [0.25, 0.3) is 0 Å². The first-order valence-electron chi connectivity index (χ1n) is 7.04. The van der Waals surface area contributed by atoms with Crippen LogP contribution < -0.4 is 15.4 Å². The van der Waals surface area contributed by atoms with Crippen LogP contribution in [-0.4, -0.2) is 25.1 Å². The molecule has 0 aliphatic carbocycles. The molecular weight excluding hydrogens is 400 g/mol. The standard InChI is InChI=1S/C15H22Br2N2O2/c1-4-5-18-8-11-6-12(16)15(13(17)7-11)21-9-14(20)19-10(2)3/h6-7,10,18H,4-5,8-9H2,1-3H3,(H,19,20). The van der Waals surface area contributed by atoms with Crippen molar-refractivity contribution in [3.8, 4) is 5.75 Å². The summed E-state index contributed by atoms with van der Waals surface area (Å²) in [4.78, 5) is 11.6. The van der Waals surface area contributed by atoms with E-state index in [1.54, 1.807) is 0 Å². The molecular formula is C15H22Br2N2O2. The second kappa shape index (κ2) is 9.43. The molecule has 6 heteroatoms. The number of carbonyl (C=O) groups is 1. The van der Waals surface area contributed by atoms with Gasteiger partial charge in [-0.25, -0.2) is 0 Å². The molecule has 0 aliphatic heterocycles. The third-order valence-electron chi connectivity index (χ3n) is 2.61. The predicted octanol–water partition coefficient (Wildman–Crippen LogP) is 3.61. The summed E-state index contributed by atoms with van der Waals surface area (Å²) in [6.07, 6.45) is 1.11. The molecule has 0 radical (unpaired) electrons. The van der Waals surface area contributed by atoms with Crippen LogP contribution in [0.15, 0.2) is 21.1 Å². The molecule has 0 bridgehead atoms. The molecule has 1 aromatic rings. The van der Waals surface area contributed by atoms with Crippen LogP contribution in [0.5, 0.6) is 5.75 Å². The Morgan fingerprint density at radius 1 is 1.29 bits per heavy atom. The molecule has 118 valence electrons. The van der Waals surface area contributed by atoms with Gasteiger partial charge in [-0.15, -0.1) is 0 Å². The fourth-order valence-corrected chi connectivity index (χ4v) is 3.27. The molecule has 0 unspecified atom stereocenters. The Hall–Kier alpha value is -0.590. The zero-order valence-electron chi connectivity index (χ0n) is 12.6. The van der Waals surface area contributed by atoms with E-state index < -0.39 is 0 Å². The summed E-state index contributed by atoms with van der Waals surface area (Å²) < 4.78 is 7.26. The minimum atomic E-state index is -0.127. The lowest BCUT2D eigenvalue weighted by Crippen LogP contribution is -2.34. The summed E-state index contributed by atoms with van der Waals surface area (Å²) in [5, 5.41) is 6.14. The van der Waals surface area contributed by atoms with Gasteiger partial charge in [0.15, 0.2) is 6.61 Å². The maximum absolute atomic E-state index is 11.6. The molecule has 4 nitrogen and oxygen atoms in total. The zero-order chi connectivity index (χ0) is 15.8. The van der Waals surface area contributed by atoms with Gasteiger partial charge in [-0.1, -0.05) is 6.92 Å². The first-order chi connectivity index (χ1) is 9.93. The van der Waals surface area contributed by atoms with Crippen molar-refractivity contribution >= 4 is 37.8 Å². The number of hydrogen-bond acceptors (Lipinski definition) is 3. The highest BCUT2D eigenvalue weighted by atomic mass is 79.9. The van der Waals surface area contributed by atoms with Gasteiger partial charge in [0.1, 0.15) is 5.75 Å². The molecule has 0 atom stereocenters. The lowest BCUT2D eigenvalue weighted by Gasteiger charge is -2.13. The molecule has 0 saturated heterocycles. The van der Waals surface area contributed by atoms with Gasteiger partial charge in [0.05, 0.1) is 8.95 Å². The van der Waals surface area contributed by atoms with Crippen molar-refractivity contribution in [1.82, 2.24) is 10.6 Å².